The maximum Gasteiger partial charge on any atom is 0.203 e. The van der Waals surface area contributed by atoms with Crippen molar-refractivity contribution < 1.29 is 38.6 Å². The summed E-state index contributed by atoms with van der Waals surface area (Å²) in [7, 11) is 0. The van der Waals surface area contributed by atoms with Crippen LogP contribution >= 0.6 is 0 Å². The molecule has 35 heavy (non-hydrogen) atoms. The molecule has 0 unspecified atom stereocenters. The van der Waals surface area contributed by atoms with Crippen LogP contribution in [0.15, 0.2) is 12.1 Å². The summed E-state index contributed by atoms with van der Waals surface area (Å²) < 4.78 is 35.7. The first-order valence-electron chi connectivity index (χ1n) is 12.3. The van der Waals surface area contributed by atoms with Crippen LogP contribution in [-0.4, -0.2) is 49.9 Å². The normalized spacial score (nSPS) is 11.2. The van der Waals surface area contributed by atoms with Crippen LogP contribution in [0.25, 0.3) is 0 Å². The van der Waals surface area contributed by atoms with E-state index in [9.17, 15) is 10.2 Å². The highest BCUT2D eigenvalue weighted by molar-refractivity contribution is 5.71. The molecule has 0 spiro atoms. The van der Waals surface area contributed by atoms with Crippen molar-refractivity contribution in [1.29, 1.82) is 0 Å². The molecule has 2 rings (SSSR count). The van der Waals surface area contributed by atoms with Gasteiger partial charge in [0.25, 0.3) is 0 Å². The van der Waals surface area contributed by atoms with Crippen molar-refractivity contribution in [1.82, 2.24) is 0 Å². The second kappa shape index (κ2) is 12.5. The zero-order valence-electron chi connectivity index (χ0n) is 22.2. The molecule has 0 radical (unpaired) electrons. The predicted molar refractivity (Wildman–Crippen MR) is 135 cm³/mol. The summed E-state index contributed by atoms with van der Waals surface area (Å²) in [6, 6.07) is 3.08. The molecule has 0 saturated carbocycles. The van der Waals surface area contributed by atoms with Gasteiger partial charge < -0.3 is 38.6 Å². The summed E-state index contributed by atoms with van der Waals surface area (Å²) >= 11 is 0. The van der Waals surface area contributed by atoms with Gasteiger partial charge in [-0.25, -0.2) is 0 Å². The molecular formula is C27H40O8. The van der Waals surface area contributed by atoms with Gasteiger partial charge in [0, 0.05) is 17.5 Å². The first-order valence-corrected chi connectivity index (χ1v) is 12.3. The highest BCUT2D eigenvalue weighted by Crippen LogP contribution is 2.57. The van der Waals surface area contributed by atoms with Crippen molar-refractivity contribution in [3.05, 3.63) is 23.3 Å². The van der Waals surface area contributed by atoms with Crippen LogP contribution in [0.5, 0.6) is 46.0 Å². The van der Waals surface area contributed by atoms with Crippen molar-refractivity contribution in [2.24, 2.45) is 0 Å². The van der Waals surface area contributed by atoms with Crippen LogP contribution in [0, 0.1) is 0 Å². The molecule has 0 aromatic heterocycles. The fraction of sp³-hybridized carbons (Fsp3) is 0.556. The van der Waals surface area contributed by atoms with Gasteiger partial charge in [-0.3, -0.25) is 0 Å². The molecular weight excluding hydrogens is 452 g/mol. The van der Waals surface area contributed by atoms with Gasteiger partial charge >= 0.3 is 0 Å². The number of hydrogen-bond acceptors (Lipinski definition) is 8. The Morgan fingerprint density at radius 2 is 0.800 bits per heavy atom. The Labute approximate surface area is 208 Å². The van der Waals surface area contributed by atoms with E-state index in [1.54, 1.807) is 12.1 Å². The molecule has 0 aliphatic rings. The largest absolute Gasteiger partial charge is 0.504 e. The molecule has 2 aromatic rings. The first-order chi connectivity index (χ1) is 16.7. The minimum Gasteiger partial charge on any atom is -0.504 e. The molecule has 0 aliphatic carbocycles. The van der Waals surface area contributed by atoms with E-state index >= 15 is 0 Å². The SMILES string of the molecule is CCOc1cc(O)c(OCC)c(OCC)c1C(C)(C)c1c(OCC)cc(O)c(OCC)c1OCC. The van der Waals surface area contributed by atoms with E-state index in [4.69, 9.17) is 28.4 Å². The Bertz CT molecular complexity index is 907. The minimum absolute atomic E-state index is 0.0749. The third-order valence-electron chi connectivity index (χ3n) is 5.36. The van der Waals surface area contributed by atoms with Gasteiger partial charge in [0.2, 0.25) is 11.5 Å². The highest BCUT2D eigenvalue weighted by Gasteiger charge is 2.40. The van der Waals surface area contributed by atoms with Crippen LogP contribution in [0.1, 0.15) is 66.5 Å². The smallest absolute Gasteiger partial charge is 0.203 e. The number of rotatable bonds is 14. The van der Waals surface area contributed by atoms with Gasteiger partial charge in [-0.2, -0.15) is 0 Å². The zero-order valence-corrected chi connectivity index (χ0v) is 22.2. The van der Waals surface area contributed by atoms with E-state index in [0.717, 1.165) is 0 Å². The van der Waals surface area contributed by atoms with Gasteiger partial charge in [-0.1, -0.05) is 13.8 Å². The predicted octanol–water partition coefficient (Wildman–Crippen LogP) is 5.82. The Morgan fingerprint density at radius 3 is 1.09 bits per heavy atom. The lowest BCUT2D eigenvalue weighted by Crippen LogP contribution is -2.25. The van der Waals surface area contributed by atoms with Crippen molar-refractivity contribution in [3.63, 3.8) is 0 Å². The summed E-state index contributed by atoms with van der Waals surface area (Å²) in [5.74, 6) is 1.96. The van der Waals surface area contributed by atoms with E-state index in [0.29, 0.717) is 73.8 Å². The molecule has 8 nitrogen and oxygen atoms in total. The van der Waals surface area contributed by atoms with E-state index in [1.165, 1.54) is 0 Å². The molecule has 8 heteroatoms. The lowest BCUT2D eigenvalue weighted by atomic mass is 9.75. The van der Waals surface area contributed by atoms with Gasteiger partial charge in [-0.15, -0.1) is 0 Å². The second-order valence-corrected chi connectivity index (χ2v) is 8.08. The number of ether oxygens (including phenoxy) is 6. The van der Waals surface area contributed by atoms with Gasteiger partial charge in [0.1, 0.15) is 11.5 Å². The van der Waals surface area contributed by atoms with Crippen molar-refractivity contribution in [3.8, 4) is 46.0 Å². The zero-order chi connectivity index (χ0) is 26.2. The Balaban J connectivity index is 3.05. The highest BCUT2D eigenvalue weighted by atomic mass is 16.5. The summed E-state index contributed by atoms with van der Waals surface area (Å²) in [5.41, 5.74) is 0.429. The fourth-order valence-electron chi connectivity index (χ4n) is 4.19. The molecule has 0 heterocycles. The molecule has 0 fully saturated rings. The van der Waals surface area contributed by atoms with Crippen molar-refractivity contribution >= 4 is 0 Å². The first kappa shape index (κ1) is 28.1. The van der Waals surface area contributed by atoms with Crippen LogP contribution < -0.4 is 28.4 Å². The number of aromatic hydroxyl groups is 2. The molecule has 196 valence electrons. The van der Waals surface area contributed by atoms with Gasteiger partial charge in [-0.05, 0) is 41.5 Å². The quantitative estimate of drug-likeness (QED) is 0.341. The molecule has 0 aliphatic heterocycles. The van der Waals surface area contributed by atoms with E-state index in [1.807, 2.05) is 55.4 Å². The average molecular weight is 493 g/mol. The number of phenolic OH excluding ortho intramolecular Hbond substituents is 2. The maximum absolute atomic E-state index is 10.8. The van der Waals surface area contributed by atoms with Crippen molar-refractivity contribution in [2.45, 2.75) is 60.8 Å². The van der Waals surface area contributed by atoms with E-state index in [-0.39, 0.29) is 23.0 Å². The lowest BCUT2D eigenvalue weighted by Gasteiger charge is -2.34. The maximum atomic E-state index is 10.8. The Morgan fingerprint density at radius 1 is 0.514 bits per heavy atom. The van der Waals surface area contributed by atoms with Crippen LogP contribution in [0.2, 0.25) is 0 Å². The fourth-order valence-corrected chi connectivity index (χ4v) is 4.19. The van der Waals surface area contributed by atoms with Crippen LogP contribution in [0.3, 0.4) is 0 Å². The number of hydrogen-bond donors (Lipinski definition) is 2. The summed E-state index contributed by atoms with van der Waals surface area (Å²) in [6.45, 7) is 17.2. The molecule has 2 N–H and O–H groups in total. The molecule has 0 saturated heterocycles. The number of phenols is 2. The molecule has 2 aromatic carbocycles. The average Bonchev–Trinajstić information content (AvgIpc) is 2.79. The third-order valence-corrected chi connectivity index (χ3v) is 5.36. The second-order valence-electron chi connectivity index (χ2n) is 8.08. The summed E-state index contributed by atoms with van der Waals surface area (Å²) in [5, 5.41) is 21.5. The molecule has 0 atom stereocenters. The van der Waals surface area contributed by atoms with Crippen LogP contribution in [-0.2, 0) is 5.41 Å². The summed E-state index contributed by atoms with van der Waals surface area (Å²) in [4.78, 5) is 0. The molecule has 0 amide bonds. The molecule has 0 bridgehead atoms. The Kier molecular flexibility index (Phi) is 10.0. The van der Waals surface area contributed by atoms with E-state index < -0.39 is 5.41 Å². The standard InChI is InChI=1S/C27H40O8/c1-9-30-19-15-17(28)23(32-11-3)25(34-13-5)21(19)27(7,8)22-20(31-10-2)16-18(29)24(33-12-4)26(22)35-14-6/h15-16,28-29H,9-14H2,1-8H3. The van der Waals surface area contributed by atoms with Crippen molar-refractivity contribution in [2.75, 3.05) is 39.6 Å². The lowest BCUT2D eigenvalue weighted by molar-refractivity contribution is 0.253. The van der Waals surface area contributed by atoms with E-state index in [2.05, 4.69) is 0 Å². The summed E-state index contributed by atoms with van der Waals surface area (Å²) in [6.07, 6.45) is 0. The minimum atomic E-state index is -0.872. The van der Waals surface area contributed by atoms with Crippen LogP contribution in [0.4, 0.5) is 0 Å². The number of benzene rings is 2. The monoisotopic (exact) mass is 492 g/mol. The topological polar surface area (TPSA) is 95.8 Å². The van der Waals surface area contributed by atoms with Gasteiger partial charge in [0.05, 0.1) is 50.8 Å². The Hall–Kier alpha value is -3.16. The third kappa shape index (κ3) is 5.74. The van der Waals surface area contributed by atoms with Gasteiger partial charge in [0.15, 0.2) is 23.0 Å².